The van der Waals surface area contributed by atoms with Gasteiger partial charge in [-0.1, -0.05) is 32.3 Å². The molecule has 0 radical (unpaired) electrons. The van der Waals surface area contributed by atoms with Crippen LogP contribution in [0.1, 0.15) is 63.0 Å². The summed E-state index contributed by atoms with van der Waals surface area (Å²) in [7, 11) is 1.97. The number of alkyl halides is 2. The zero-order valence-corrected chi connectivity index (χ0v) is 25.9. The number of halogens is 3. The van der Waals surface area contributed by atoms with E-state index in [-0.39, 0.29) is 36.3 Å². The first-order valence-corrected chi connectivity index (χ1v) is 15.7. The van der Waals surface area contributed by atoms with Crippen molar-refractivity contribution in [1.29, 1.82) is 0 Å². The highest BCUT2D eigenvalue weighted by atomic mass is 19.3. The summed E-state index contributed by atoms with van der Waals surface area (Å²) in [5.41, 5.74) is -0.214. The number of pyridine rings is 1. The van der Waals surface area contributed by atoms with Gasteiger partial charge in [-0.15, -0.1) is 0 Å². The molecule has 244 valence electrons. The first-order valence-electron chi connectivity index (χ1n) is 15.7. The van der Waals surface area contributed by atoms with Gasteiger partial charge in [0.1, 0.15) is 11.9 Å². The number of piperazine rings is 1. The molecule has 2 atom stereocenters. The Morgan fingerprint density at radius 2 is 1.67 bits per heavy atom. The van der Waals surface area contributed by atoms with Crippen LogP contribution in [0.3, 0.4) is 0 Å². The molecule has 0 unspecified atom stereocenters. The van der Waals surface area contributed by atoms with Crippen molar-refractivity contribution >= 4 is 29.2 Å². The molecule has 1 aromatic heterocycles. The molecule has 1 aromatic carbocycles. The van der Waals surface area contributed by atoms with Crippen molar-refractivity contribution in [3.8, 4) is 0 Å². The van der Waals surface area contributed by atoms with Crippen LogP contribution in [0.2, 0.25) is 0 Å². The lowest BCUT2D eigenvalue weighted by Gasteiger charge is -2.34. The second kappa shape index (κ2) is 15.5. The normalized spacial score (nSPS) is 17.8. The van der Waals surface area contributed by atoms with Crippen molar-refractivity contribution < 1.29 is 32.3 Å². The molecule has 4 rings (SSSR count). The summed E-state index contributed by atoms with van der Waals surface area (Å²) >= 11 is 0. The van der Waals surface area contributed by atoms with Crippen LogP contribution < -0.4 is 10.6 Å². The van der Waals surface area contributed by atoms with E-state index in [1.165, 1.54) is 24.5 Å². The largest absolute Gasteiger partial charge is 0.344 e. The molecule has 9 nitrogen and oxygen atoms in total. The van der Waals surface area contributed by atoms with E-state index in [9.17, 15) is 19.2 Å². The number of hydrogen-bond acceptors (Lipinski definition) is 6. The molecule has 1 saturated heterocycles. The molecular formula is C33H42F3N5O4. The first kappa shape index (κ1) is 34.1. The van der Waals surface area contributed by atoms with Crippen molar-refractivity contribution in [2.24, 2.45) is 11.8 Å². The summed E-state index contributed by atoms with van der Waals surface area (Å²) in [6.45, 7) is 4.13. The molecule has 2 N–H and O–H groups in total. The average molecular weight is 630 g/mol. The Morgan fingerprint density at radius 1 is 1.00 bits per heavy atom. The van der Waals surface area contributed by atoms with Gasteiger partial charge in [0.2, 0.25) is 23.5 Å². The Morgan fingerprint density at radius 3 is 2.29 bits per heavy atom. The van der Waals surface area contributed by atoms with Gasteiger partial charge in [-0.25, -0.2) is 4.39 Å². The molecule has 2 fully saturated rings. The maximum atomic E-state index is 15.4. The van der Waals surface area contributed by atoms with Crippen LogP contribution in [-0.2, 0) is 31.5 Å². The molecule has 2 aromatic rings. The number of rotatable bonds is 12. The number of likely N-dealkylation sites (N-methyl/N-ethyl adjacent to an activating group) is 1. The van der Waals surface area contributed by atoms with Crippen LogP contribution in [-0.4, -0.2) is 77.6 Å². The third-order valence-corrected chi connectivity index (χ3v) is 8.85. The number of amides is 3. The summed E-state index contributed by atoms with van der Waals surface area (Å²) in [6, 6.07) is 5.36. The van der Waals surface area contributed by atoms with E-state index >= 15 is 13.2 Å². The summed E-state index contributed by atoms with van der Waals surface area (Å²) in [5, 5.41) is 5.28. The Balaban J connectivity index is 1.48. The molecule has 1 aliphatic heterocycles. The number of hydrogen-bond donors (Lipinski definition) is 2. The topological polar surface area (TPSA) is 112 Å². The van der Waals surface area contributed by atoms with Crippen LogP contribution in [0.4, 0.5) is 18.9 Å². The summed E-state index contributed by atoms with van der Waals surface area (Å²) in [5.74, 6) is -8.53. The lowest BCUT2D eigenvalue weighted by molar-refractivity contribution is -0.147. The fourth-order valence-corrected chi connectivity index (χ4v) is 6.05. The minimum absolute atomic E-state index is 0.0470. The molecule has 0 bridgehead atoms. The predicted octanol–water partition coefficient (Wildman–Crippen LogP) is 4.32. The van der Waals surface area contributed by atoms with Gasteiger partial charge in [-0.2, -0.15) is 8.78 Å². The average Bonchev–Trinajstić information content (AvgIpc) is 3.05. The van der Waals surface area contributed by atoms with E-state index in [2.05, 4.69) is 20.5 Å². The van der Waals surface area contributed by atoms with Gasteiger partial charge in [0.05, 0.1) is 5.69 Å². The van der Waals surface area contributed by atoms with Crippen molar-refractivity contribution in [2.45, 2.75) is 70.3 Å². The number of Topliss-reactive ketones (excluding diaryl/α,β-unsaturated/α-hetero) is 1. The molecule has 1 aliphatic carbocycles. The third-order valence-electron chi connectivity index (χ3n) is 8.85. The standard InChI is InChI=1S/C33H42F3N5O4/c1-3-30(43)38-28(32(45)41-17-15-40(2)16-18-41)20-22-9-10-27(26(34)19-22)39-31(44)25(23-7-5-4-6-8-23)21-29(42)33(35,36)24-11-13-37-14-12-24/h9-14,19,23,25,28H,3-8,15-18,20-21H2,1-2H3,(H,38,43)(H,39,44)/t25-,28+/m0/s1. The summed E-state index contributed by atoms with van der Waals surface area (Å²) in [4.78, 5) is 59.4. The molecule has 2 heterocycles. The smallest absolute Gasteiger partial charge is 0.330 e. The van der Waals surface area contributed by atoms with E-state index in [0.29, 0.717) is 44.6 Å². The number of aromatic nitrogens is 1. The number of benzene rings is 1. The fourth-order valence-electron chi connectivity index (χ4n) is 6.05. The van der Waals surface area contributed by atoms with Gasteiger partial charge in [0.15, 0.2) is 0 Å². The highest BCUT2D eigenvalue weighted by Gasteiger charge is 2.44. The number of nitrogens with one attached hydrogen (secondary N) is 2. The van der Waals surface area contributed by atoms with Crippen LogP contribution >= 0.6 is 0 Å². The molecule has 12 heteroatoms. The SMILES string of the molecule is CCC(=O)N[C@H](Cc1ccc(NC(=O)[C@@H](CC(=O)C(F)(F)c2ccncc2)C2CCCCC2)c(F)c1)C(=O)N1CCN(C)CC1. The van der Waals surface area contributed by atoms with E-state index in [1.54, 1.807) is 17.9 Å². The van der Waals surface area contributed by atoms with Crippen LogP contribution in [0.25, 0.3) is 0 Å². The van der Waals surface area contributed by atoms with Crippen molar-refractivity contribution in [2.75, 3.05) is 38.5 Å². The van der Waals surface area contributed by atoms with Crippen LogP contribution in [0, 0.1) is 17.7 Å². The molecule has 0 spiro atoms. The number of anilines is 1. The van der Waals surface area contributed by atoms with Gasteiger partial charge in [-0.05, 0) is 55.6 Å². The molecule has 3 amide bonds. The van der Waals surface area contributed by atoms with Gasteiger partial charge in [0, 0.05) is 69.3 Å². The molecule has 1 saturated carbocycles. The second-order valence-electron chi connectivity index (χ2n) is 12.1. The van der Waals surface area contributed by atoms with E-state index in [0.717, 1.165) is 31.4 Å². The minimum atomic E-state index is -3.80. The number of carbonyl (C=O) groups excluding carboxylic acids is 4. The van der Waals surface area contributed by atoms with Gasteiger partial charge < -0.3 is 20.4 Å². The summed E-state index contributed by atoms with van der Waals surface area (Å²) in [6.07, 6.45) is 5.71. The van der Waals surface area contributed by atoms with Crippen molar-refractivity contribution in [3.63, 3.8) is 0 Å². The zero-order valence-electron chi connectivity index (χ0n) is 25.9. The Kier molecular flexibility index (Phi) is 11.7. The zero-order chi connectivity index (χ0) is 32.6. The number of ketones is 1. The maximum Gasteiger partial charge on any atom is 0.330 e. The van der Waals surface area contributed by atoms with E-state index in [4.69, 9.17) is 0 Å². The highest BCUT2D eigenvalue weighted by Crippen LogP contribution is 2.37. The van der Waals surface area contributed by atoms with Gasteiger partial charge in [-0.3, -0.25) is 24.2 Å². The quantitative estimate of drug-likeness (QED) is 0.362. The lowest BCUT2D eigenvalue weighted by Crippen LogP contribution is -2.54. The minimum Gasteiger partial charge on any atom is -0.344 e. The van der Waals surface area contributed by atoms with Crippen molar-refractivity contribution in [1.82, 2.24) is 20.1 Å². The number of carbonyl (C=O) groups is 4. The Hall–Kier alpha value is -3.80. The van der Waals surface area contributed by atoms with Gasteiger partial charge >= 0.3 is 5.92 Å². The Bertz CT molecular complexity index is 1350. The number of nitrogens with zero attached hydrogens (tertiary/aromatic N) is 3. The van der Waals surface area contributed by atoms with E-state index in [1.807, 2.05) is 7.05 Å². The Labute approximate surface area is 261 Å². The molecule has 2 aliphatic rings. The highest BCUT2D eigenvalue weighted by molar-refractivity contribution is 5.97. The first-order chi connectivity index (χ1) is 21.5. The summed E-state index contributed by atoms with van der Waals surface area (Å²) < 4.78 is 45.5. The van der Waals surface area contributed by atoms with E-state index < -0.39 is 47.4 Å². The fraction of sp³-hybridized carbons (Fsp3) is 0.545. The second-order valence-corrected chi connectivity index (χ2v) is 12.1. The monoisotopic (exact) mass is 629 g/mol. The van der Waals surface area contributed by atoms with Crippen molar-refractivity contribution in [3.05, 3.63) is 59.7 Å². The maximum absolute atomic E-state index is 15.4. The molecule has 45 heavy (non-hydrogen) atoms. The van der Waals surface area contributed by atoms with Crippen LogP contribution in [0.15, 0.2) is 42.7 Å². The third kappa shape index (κ3) is 8.90. The van der Waals surface area contributed by atoms with Gasteiger partial charge in [0.25, 0.3) is 0 Å². The lowest BCUT2D eigenvalue weighted by atomic mass is 9.76. The molecular weight excluding hydrogens is 587 g/mol. The van der Waals surface area contributed by atoms with Crippen LogP contribution in [0.5, 0.6) is 0 Å². The predicted molar refractivity (Wildman–Crippen MR) is 163 cm³/mol.